The van der Waals surface area contributed by atoms with Crippen LogP contribution in [0.1, 0.15) is 28.4 Å². The van der Waals surface area contributed by atoms with Crippen molar-refractivity contribution in [2.45, 2.75) is 19.5 Å². The molecule has 2 aromatic carbocycles. The third-order valence-corrected chi connectivity index (χ3v) is 3.92. The van der Waals surface area contributed by atoms with Crippen molar-refractivity contribution in [3.63, 3.8) is 0 Å². The van der Waals surface area contributed by atoms with E-state index in [0.717, 1.165) is 23.3 Å². The van der Waals surface area contributed by atoms with E-state index in [-0.39, 0.29) is 11.7 Å². The first-order chi connectivity index (χ1) is 9.88. The van der Waals surface area contributed by atoms with Gasteiger partial charge in [0.2, 0.25) is 0 Å². The lowest BCUT2D eigenvalue weighted by Crippen LogP contribution is -2.04. The van der Waals surface area contributed by atoms with Crippen LogP contribution in [0.2, 0.25) is 0 Å². The highest BCUT2D eigenvalue weighted by molar-refractivity contribution is 6.03. The van der Waals surface area contributed by atoms with Gasteiger partial charge in [0.05, 0.1) is 5.56 Å². The highest BCUT2D eigenvalue weighted by Gasteiger charge is 2.31. The minimum Gasteiger partial charge on any atom is -0.294 e. The van der Waals surface area contributed by atoms with Crippen LogP contribution in [0.4, 0.5) is 13.2 Å². The number of carbonyl (C=O) groups is 1. The van der Waals surface area contributed by atoms with Gasteiger partial charge in [-0.05, 0) is 35.2 Å². The lowest BCUT2D eigenvalue weighted by molar-refractivity contribution is -0.137. The maximum absolute atomic E-state index is 12.6. The summed E-state index contributed by atoms with van der Waals surface area (Å²) in [6.45, 7) is 1.87. The number of hydrogen-bond acceptors (Lipinski definition) is 1. The molecule has 0 aromatic heterocycles. The molecule has 0 amide bonds. The lowest BCUT2D eigenvalue weighted by atomic mass is 9.96. The van der Waals surface area contributed by atoms with Crippen molar-refractivity contribution in [2.75, 3.05) is 0 Å². The number of benzene rings is 2. The summed E-state index contributed by atoms with van der Waals surface area (Å²) in [4.78, 5) is 12.0. The molecule has 1 aliphatic rings. The van der Waals surface area contributed by atoms with Crippen LogP contribution >= 0.6 is 0 Å². The van der Waals surface area contributed by atoms with E-state index < -0.39 is 11.7 Å². The maximum atomic E-state index is 12.6. The van der Waals surface area contributed by atoms with Crippen LogP contribution in [-0.4, -0.2) is 5.78 Å². The summed E-state index contributed by atoms with van der Waals surface area (Å²) in [5, 5.41) is 0. The first-order valence-electron chi connectivity index (χ1n) is 6.71. The van der Waals surface area contributed by atoms with E-state index in [9.17, 15) is 18.0 Å². The van der Waals surface area contributed by atoms with Gasteiger partial charge < -0.3 is 0 Å². The zero-order valence-electron chi connectivity index (χ0n) is 11.4. The molecule has 0 N–H and O–H groups in total. The summed E-state index contributed by atoms with van der Waals surface area (Å²) in [6, 6.07) is 10.5. The molecule has 1 nitrogen and oxygen atoms in total. The van der Waals surface area contributed by atoms with Crippen LogP contribution in [0.3, 0.4) is 0 Å². The zero-order valence-corrected chi connectivity index (χ0v) is 11.4. The van der Waals surface area contributed by atoms with Crippen LogP contribution in [0.25, 0.3) is 11.1 Å². The average molecular weight is 290 g/mol. The van der Waals surface area contributed by atoms with E-state index in [1.807, 2.05) is 13.0 Å². The monoisotopic (exact) mass is 290 g/mol. The van der Waals surface area contributed by atoms with Crippen LogP contribution in [-0.2, 0) is 12.6 Å². The third kappa shape index (κ3) is 2.35. The Kier molecular flexibility index (Phi) is 3.12. The molecule has 2 aromatic rings. The van der Waals surface area contributed by atoms with Gasteiger partial charge in [0.25, 0.3) is 0 Å². The van der Waals surface area contributed by atoms with E-state index in [1.54, 1.807) is 12.1 Å². The first-order valence-corrected chi connectivity index (χ1v) is 6.71. The summed E-state index contributed by atoms with van der Waals surface area (Å²) in [7, 11) is 0. The van der Waals surface area contributed by atoms with Crippen LogP contribution in [0.15, 0.2) is 42.5 Å². The molecule has 0 radical (unpaired) electrons. The minimum atomic E-state index is -4.33. The standard InChI is InChI=1S/C17H13F3O/c1-10-9-15-13(3-2-4-14(15)16(10)21)11-5-7-12(8-6-11)17(18,19)20/h2-8,10H,9H2,1H3. The molecule has 0 fully saturated rings. The fraction of sp³-hybridized carbons (Fsp3) is 0.235. The van der Waals surface area contributed by atoms with E-state index in [2.05, 4.69) is 0 Å². The van der Waals surface area contributed by atoms with Crippen molar-refractivity contribution >= 4 is 5.78 Å². The molecule has 4 heteroatoms. The molecular weight excluding hydrogens is 277 g/mol. The smallest absolute Gasteiger partial charge is 0.294 e. The summed E-state index contributed by atoms with van der Waals surface area (Å²) in [5.74, 6) is 0.0503. The van der Waals surface area contributed by atoms with Crippen molar-refractivity contribution in [3.05, 3.63) is 59.2 Å². The Morgan fingerprint density at radius 3 is 2.24 bits per heavy atom. The first kappa shape index (κ1) is 13.9. The molecule has 0 heterocycles. The number of ketones is 1. The number of hydrogen-bond donors (Lipinski definition) is 0. The number of halogens is 3. The van der Waals surface area contributed by atoms with Gasteiger partial charge in [0.1, 0.15) is 0 Å². The largest absolute Gasteiger partial charge is 0.416 e. The van der Waals surface area contributed by atoms with Gasteiger partial charge in [-0.15, -0.1) is 0 Å². The van der Waals surface area contributed by atoms with E-state index in [0.29, 0.717) is 17.5 Å². The van der Waals surface area contributed by atoms with Crippen LogP contribution < -0.4 is 0 Å². The summed E-state index contributed by atoms with van der Waals surface area (Å²) < 4.78 is 37.8. The van der Waals surface area contributed by atoms with Crippen molar-refractivity contribution < 1.29 is 18.0 Å². The zero-order chi connectivity index (χ0) is 15.2. The Morgan fingerprint density at radius 2 is 1.62 bits per heavy atom. The van der Waals surface area contributed by atoms with Gasteiger partial charge in [0.15, 0.2) is 5.78 Å². The molecule has 21 heavy (non-hydrogen) atoms. The second-order valence-electron chi connectivity index (χ2n) is 5.38. The molecule has 0 saturated carbocycles. The van der Waals surface area contributed by atoms with Gasteiger partial charge in [-0.1, -0.05) is 37.3 Å². The minimum absolute atomic E-state index is 0.0596. The van der Waals surface area contributed by atoms with Gasteiger partial charge in [-0.2, -0.15) is 13.2 Å². The quantitative estimate of drug-likeness (QED) is 0.741. The Balaban J connectivity index is 2.05. The molecule has 0 spiro atoms. The van der Waals surface area contributed by atoms with Gasteiger partial charge in [-0.3, -0.25) is 4.79 Å². The Morgan fingerprint density at radius 1 is 1.00 bits per heavy atom. The second kappa shape index (κ2) is 4.72. The lowest BCUT2D eigenvalue weighted by Gasteiger charge is -2.10. The topological polar surface area (TPSA) is 17.1 Å². The summed E-state index contributed by atoms with van der Waals surface area (Å²) in [5.41, 5.74) is 2.53. The molecule has 3 rings (SSSR count). The molecule has 0 aliphatic heterocycles. The second-order valence-corrected chi connectivity index (χ2v) is 5.38. The highest BCUT2D eigenvalue weighted by Crippen LogP contribution is 2.36. The normalized spacial score (nSPS) is 17.9. The SMILES string of the molecule is CC1Cc2c(cccc2-c2ccc(C(F)(F)F)cc2)C1=O. The Hall–Kier alpha value is -2.10. The number of rotatable bonds is 1. The molecule has 1 atom stereocenters. The highest BCUT2D eigenvalue weighted by atomic mass is 19.4. The fourth-order valence-electron chi connectivity index (χ4n) is 2.81. The molecule has 0 saturated heterocycles. The average Bonchev–Trinajstić information content (AvgIpc) is 2.74. The molecular formula is C17H13F3O. The number of fused-ring (bicyclic) bond motifs is 1. The molecule has 1 aliphatic carbocycles. The van der Waals surface area contributed by atoms with E-state index >= 15 is 0 Å². The predicted molar refractivity (Wildman–Crippen MR) is 74.1 cm³/mol. The predicted octanol–water partition coefficient (Wildman–Crippen LogP) is 4.75. The van der Waals surface area contributed by atoms with Gasteiger partial charge in [-0.25, -0.2) is 0 Å². The van der Waals surface area contributed by atoms with E-state index in [4.69, 9.17) is 0 Å². The van der Waals surface area contributed by atoms with Crippen LogP contribution in [0, 0.1) is 5.92 Å². The molecule has 0 bridgehead atoms. The Bertz CT molecular complexity index is 699. The summed E-state index contributed by atoms with van der Waals surface area (Å²) >= 11 is 0. The van der Waals surface area contributed by atoms with Crippen molar-refractivity contribution in [1.82, 2.24) is 0 Å². The van der Waals surface area contributed by atoms with Gasteiger partial charge in [0, 0.05) is 11.5 Å². The number of Topliss-reactive ketones (excluding diaryl/α,β-unsaturated/α-hetero) is 1. The van der Waals surface area contributed by atoms with Crippen molar-refractivity contribution in [1.29, 1.82) is 0 Å². The number of alkyl halides is 3. The third-order valence-electron chi connectivity index (χ3n) is 3.92. The van der Waals surface area contributed by atoms with Crippen molar-refractivity contribution in [2.24, 2.45) is 5.92 Å². The summed E-state index contributed by atoms with van der Waals surface area (Å²) in [6.07, 6.45) is -3.69. The van der Waals surface area contributed by atoms with E-state index in [1.165, 1.54) is 12.1 Å². The maximum Gasteiger partial charge on any atom is 0.416 e. The Labute approximate surface area is 120 Å². The van der Waals surface area contributed by atoms with Crippen LogP contribution in [0.5, 0.6) is 0 Å². The van der Waals surface area contributed by atoms with Crippen molar-refractivity contribution in [3.8, 4) is 11.1 Å². The number of carbonyl (C=O) groups excluding carboxylic acids is 1. The molecule has 108 valence electrons. The molecule has 1 unspecified atom stereocenters. The van der Waals surface area contributed by atoms with Gasteiger partial charge >= 0.3 is 6.18 Å². The fourth-order valence-corrected chi connectivity index (χ4v) is 2.81.